The van der Waals surface area contributed by atoms with Crippen LogP contribution < -0.4 is 5.46 Å². The van der Waals surface area contributed by atoms with Crippen LogP contribution in [-0.2, 0) is 0 Å². The van der Waals surface area contributed by atoms with Crippen LogP contribution >= 0.6 is 0 Å². The van der Waals surface area contributed by atoms with Crippen LogP contribution in [0, 0.1) is 56.1 Å². The number of halogens is 2. The Labute approximate surface area is 172 Å². The summed E-state index contributed by atoms with van der Waals surface area (Å²) in [7, 11) is 2.01. The van der Waals surface area contributed by atoms with E-state index in [1.165, 1.54) is 12.1 Å². The normalized spacial score (nSPS) is 9.86. The van der Waals surface area contributed by atoms with Gasteiger partial charge >= 0.3 is 0 Å². The van der Waals surface area contributed by atoms with E-state index in [0.29, 0.717) is 0 Å². The van der Waals surface area contributed by atoms with E-state index >= 15 is 0 Å². The van der Waals surface area contributed by atoms with Gasteiger partial charge in [0.1, 0.15) is 18.9 Å². The van der Waals surface area contributed by atoms with Crippen molar-refractivity contribution in [3.63, 3.8) is 0 Å². The molecule has 0 bridgehead atoms. The van der Waals surface area contributed by atoms with E-state index in [1.807, 2.05) is 71.3 Å². The molecule has 3 heteroatoms. The lowest BCUT2D eigenvalue weighted by Gasteiger charge is -2.06. The van der Waals surface area contributed by atoms with E-state index < -0.39 is 11.6 Å². The van der Waals surface area contributed by atoms with Gasteiger partial charge in [-0.1, -0.05) is 65.8 Å². The van der Waals surface area contributed by atoms with Gasteiger partial charge in [-0.15, -0.1) is 0 Å². The van der Waals surface area contributed by atoms with Crippen LogP contribution in [0.5, 0.6) is 0 Å². The molecule has 0 N–H and O–H groups in total. The van der Waals surface area contributed by atoms with Crippen LogP contribution in [0.2, 0.25) is 6.82 Å². The molecule has 0 saturated carbocycles. The molecule has 0 saturated heterocycles. The molecule has 29 heavy (non-hydrogen) atoms. The summed E-state index contributed by atoms with van der Waals surface area (Å²) in [6.07, 6.45) is 0. The van der Waals surface area contributed by atoms with Crippen molar-refractivity contribution in [3.8, 4) is 23.7 Å². The fraction of sp³-hybridized carbons (Fsp3) is 0.154. The monoisotopic (exact) mass is 381 g/mol. The number of aryl methyl sites for hydroxylation is 3. The van der Waals surface area contributed by atoms with Crippen LogP contribution in [0.25, 0.3) is 0 Å². The molecule has 0 aliphatic carbocycles. The molecule has 0 atom stereocenters. The Morgan fingerprint density at radius 2 is 1.17 bits per heavy atom. The van der Waals surface area contributed by atoms with E-state index in [1.54, 1.807) is 0 Å². The van der Waals surface area contributed by atoms with Gasteiger partial charge in [-0.2, -0.15) is 0 Å². The van der Waals surface area contributed by atoms with E-state index in [9.17, 15) is 8.78 Å². The molecular formula is C26H20BF2. The lowest BCUT2D eigenvalue weighted by atomic mass is 9.72. The third kappa shape index (κ3) is 4.95. The van der Waals surface area contributed by atoms with Crippen molar-refractivity contribution >= 4 is 12.7 Å². The van der Waals surface area contributed by atoms with Gasteiger partial charge in [0.15, 0.2) is 0 Å². The average Bonchev–Trinajstić information content (AvgIpc) is 2.68. The first-order valence-electron chi connectivity index (χ1n) is 9.37. The lowest BCUT2D eigenvalue weighted by molar-refractivity contribution is 0.577. The number of benzene rings is 3. The quantitative estimate of drug-likeness (QED) is 0.408. The minimum Gasteiger partial charge on any atom is -0.205 e. The maximum Gasteiger partial charge on any atom is 0.148 e. The van der Waals surface area contributed by atoms with Crippen LogP contribution in [0.4, 0.5) is 8.78 Å². The van der Waals surface area contributed by atoms with Crippen LogP contribution in [-0.4, -0.2) is 7.28 Å². The van der Waals surface area contributed by atoms with Crippen molar-refractivity contribution in [3.05, 3.63) is 99.1 Å². The molecule has 3 rings (SSSR count). The SMILES string of the molecule is C[B]c1cc(C)c(C#Cc2c(F)cc(C#Cc3ccc(C)cc3)cc2F)c(C)c1. The molecule has 0 heterocycles. The van der Waals surface area contributed by atoms with Gasteiger partial charge in [-0.25, -0.2) is 8.78 Å². The van der Waals surface area contributed by atoms with Crippen molar-refractivity contribution in [2.24, 2.45) is 0 Å². The van der Waals surface area contributed by atoms with Crippen molar-refractivity contribution in [1.29, 1.82) is 0 Å². The Balaban J connectivity index is 1.92. The van der Waals surface area contributed by atoms with Gasteiger partial charge in [0.25, 0.3) is 0 Å². The number of hydrogen-bond acceptors (Lipinski definition) is 0. The highest BCUT2D eigenvalue weighted by Crippen LogP contribution is 2.16. The fourth-order valence-electron chi connectivity index (χ4n) is 3.03. The summed E-state index contributed by atoms with van der Waals surface area (Å²) in [6.45, 7) is 7.84. The van der Waals surface area contributed by atoms with E-state index in [0.717, 1.165) is 33.3 Å². The van der Waals surface area contributed by atoms with Gasteiger partial charge in [0, 0.05) is 16.7 Å². The van der Waals surface area contributed by atoms with Gasteiger partial charge in [0.2, 0.25) is 0 Å². The summed E-state index contributed by atoms with van der Waals surface area (Å²) in [5.41, 5.74) is 5.80. The largest absolute Gasteiger partial charge is 0.205 e. The van der Waals surface area contributed by atoms with Crippen LogP contribution in [0.3, 0.4) is 0 Å². The molecule has 0 aliphatic heterocycles. The second kappa shape index (κ2) is 8.81. The zero-order chi connectivity index (χ0) is 21.0. The summed E-state index contributed by atoms with van der Waals surface area (Å²) in [4.78, 5) is 0. The predicted molar refractivity (Wildman–Crippen MR) is 117 cm³/mol. The van der Waals surface area contributed by atoms with Crippen LogP contribution in [0.15, 0.2) is 48.5 Å². The Morgan fingerprint density at radius 3 is 1.72 bits per heavy atom. The Bertz CT molecular complexity index is 1140. The third-order valence-electron chi connectivity index (χ3n) is 4.65. The standard InChI is InChI=1S/C26H20BF2/c1-17-5-7-20(8-6-17)9-10-21-15-25(28)24(26(29)16-21)12-11-23-18(2)13-22(27-4)14-19(23)3/h5-8,13-16H,1-4H3. The summed E-state index contributed by atoms with van der Waals surface area (Å²) in [5.74, 6) is 9.92. The lowest BCUT2D eigenvalue weighted by Crippen LogP contribution is -2.12. The van der Waals surface area contributed by atoms with Crippen molar-refractivity contribution in [2.45, 2.75) is 27.6 Å². The molecule has 0 amide bonds. The molecule has 1 radical (unpaired) electrons. The van der Waals surface area contributed by atoms with Gasteiger partial charge in [-0.05, 0) is 56.2 Å². The Hall–Kier alpha value is -3.30. The highest BCUT2D eigenvalue weighted by Gasteiger charge is 2.09. The van der Waals surface area contributed by atoms with Crippen LogP contribution in [0.1, 0.15) is 38.9 Å². The fourth-order valence-corrected chi connectivity index (χ4v) is 3.03. The molecule has 0 fully saturated rings. The molecule has 0 unspecified atom stereocenters. The van der Waals surface area contributed by atoms with Gasteiger partial charge in [-0.3, -0.25) is 0 Å². The highest BCUT2D eigenvalue weighted by atomic mass is 19.1. The zero-order valence-corrected chi connectivity index (χ0v) is 17.0. The van der Waals surface area contributed by atoms with E-state index in [2.05, 4.69) is 23.7 Å². The first kappa shape index (κ1) is 20.4. The van der Waals surface area contributed by atoms with E-state index in [-0.39, 0.29) is 11.1 Å². The van der Waals surface area contributed by atoms with Crippen molar-refractivity contribution in [2.75, 3.05) is 0 Å². The maximum atomic E-state index is 14.5. The molecule has 0 nitrogen and oxygen atoms in total. The Kier molecular flexibility index (Phi) is 6.21. The predicted octanol–water partition coefficient (Wildman–Crippen LogP) is 5.07. The minimum atomic E-state index is -0.709. The maximum absolute atomic E-state index is 14.5. The summed E-state index contributed by atoms with van der Waals surface area (Å²) in [6, 6.07) is 14.1. The third-order valence-corrected chi connectivity index (χ3v) is 4.65. The Morgan fingerprint density at radius 1 is 0.655 bits per heavy atom. The molecule has 0 spiro atoms. The molecule has 0 aromatic heterocycles. The smallest absolute Gasteiger partial charge is 0.148 e. The average molecular weight is 381 g/mol. The van der Waals surface area contributed by atoms with Crippen molar-refractivity contribution < 1.29 is 8.78 Å². The van der Waals surface area contributed by atoms with E-state index in [4.69, 9.17) is 0 Å². The summed E-state index contributed by atoms with van der Waals surface area (Å²) >= 11 is 0. The second-order valence-corrected chi connectivity index (χ2v) is 7.00. The topological polar surface area (TPSA) is 0 Å². The summed E-state index contributed by atoms with van der Waals surface area (Å²) in [5, 5.41) is 0. The summed E-state index contributed by atoms with van der Waals surface area (Å²) < 4.78 is 29.0. The van der Waals surface area contributed by atoms with Gasteiger partial charge < -0.3 is 0 Å². The number of hydrogen-bond donors (Lipinski definition) is 0. The van der Waals surface area contributed by atoms with Gasteiger partial charge in [0.05, 0.1) is 5.56 Å². The van der Waals surface area contributed by atoms with Crippen molar-refractivity contribution in [1.82, 2.24) is 0 Å². The highest BCUT2D eigenvalue weighted by molar-refractivity contribution is 6.52. The number of rotatable bonds is 1. The first-order chi connectivity index (χ1) is 13.9. The molecule has 141 valence electrons. The first-order valence-corrected chi connectivity index (χ1v) is 9.37. The molecule has 3 aromatic rings. The zero-order valence-electron chi connectivity index (χ0n) is 17.0. The molecular weight excluding hydrogens is 361 g/mol. The second-order valence-electron chi connectivity index (χ2n) is 7.00. The molecule has 3 aromatic carbocycles. The molecule has 0 aliphatic rings. The minimum absolute atomic E-state index is 0.240.